The first-order valence-electron chi connectivity index (χ1n) is 11.3. The molecule has 186 valence electrons. The number of carbonyl (C=O) groups excluding carboxylic acids is 2. The normalized spacial score (nSPS) is 13.1. The number of amides is 2. The number of nitrogens with zero attached hydrogens (tertiary/aromatic N) is 2. The molecule has 2 amide bonds. The fourth-order valence-corrected chi connectivity index (χ4v) is 4.57. The zero-order valence-electron chi connectivity index (χ0n) is 20.4. The van der Waals surface area contributed by atoms with Crippen molar-refractivity contribution in [2.75, 3.05) is 23.7 Å². The van der Waals surface area contributed by atoms with Crippen molar-refractivity contribution < 1.29 is 18.0 Å². The first-order chi connectivity index (χ1) is 16.0. The van der Waals surface area contributed by atoms with E-state index >= 15 is 0 Å². The SMILES string of the molecule is CCC(C)NC(=O)C(C)N(CCc1ccccc1)C(=O)CN(c1cccc(Cl)c1C)S(C)(=O)=O. The highest BCUT2D eigenvalue weighted by Crippen LogP contribution is 2.28. The van der Waals surface area contributed by atoms with Crippen molar-refractivity contribution in [2.45, 2.75) is 52.6 Å². The third-order valence-electron chi connectivity index (χ3n) is 5.84. The molecule has 0 saturated carbocycles. The summed E-state index contributed by atoms with van der Waals surface area (Å²) in [6.45, 7) is 7.06. The van der Waals surface area contributed by atoms with Crippen molar-refractivity contribution in [3.63, 3.8) is 0 Å². The molecule has 2 aromatic carbocycles. The topological polar surface area (TPSA) is 86.8 Å². The standard InChI is InChI=1S/C25H34ClN3O4S/c1-6-18(2)27-25(31)20(4)28(16-15-21-11-8-7-9-12-21)24(30)17-29(34(5,32)33)23-14-10-13-22(26)19(23)3/h7-14,18,20H,6,15-17H2,1-5H3,(H,27,31). The quantitative estimate of drug-likeness (QED) is 0.501. The summed E-state index contributed by atoms with van der Waals surface area (Å²) in [6, 6.07) is 13.7. The summed E-state index contributed by atoms with van der Waals surface area (Å²) in [7, 11) is -3.80. The fraction of sp³-hybridized carbons (Fsp3) is 0.440. The second-order valence-corrected chi connectivity index (χ2v) is 10.8. The lowest BCUT2D eigenvalue weighted by molar-refractivity contribution is -0.139. The van der Waals surface area contributed by atoms with Crippen LogP contribution in [0.25, 0.3) is 0 Å². The molecule has 0 spiro atoms. The fourth-order valence-electron chi connectivity index (χ4n) is 3.50. The first-order valence-corrected chi connectivity index (χ1v) is 13.5. The number of halogens is 1. The molecular weight excluding hydrogens is 474 g/mol. The Morgan fingerprint density at radius 2 is 1.71 bits per heavy atom. The maximum absolute atomic E-state index is 13.5. The molecule has 0 bridgehead atoms. The van der Waals surface area contributed by atoms with Gasteiger partial charge in [-0.1, -0.05) is 54.9 Å². The Morgan fingerprint density at radius 1 is 1.06 bits per heavy atom. The third kappa shape index (κ3) is 7.46. The Kier molecular flexibility index (Phi) is 9.94. The molecule has 9 heteroatoms. The average molecular weight is 508 g/mol. The van der Waals surface area contributed by atoms with E-state index in [1.807, 2.05) is 44.2 Å². The molecule has 0 saturated heterocycles. The highest BCUT2D eigenvalue weighted by atomic mass is 35.5. The van der Waals surface area contributed by atoms with Crippen LogP contribution in [0.15, 0.2) is 48.5 Å². The third-order valence-corrected chi connectivity index (χ3v) is 7.38. The smallest absolute Gasteiger partial charge is 0.244 e. The molecule has 2 rings (SSSR count). The van der Waals surface area contributed by atoms with Gasteiger partial charge in [-0.25, -0.2) is 8.42 Å². The van der Waals surface area contributed by atoms with E-state index in [-0.39, 0.29) is 18.5 Å². The van der Waals surface area contributed by atoms with E-state index in [9.17, 15) is 18.0 Å². The van der Waals surface area contributed by atoms with E-state index < -0.39 is 28.5 Å². The van der Waals surface area contributed by atoms with Crippen LogP contribution in [-0.2, 0) is 26.0 Å². The predicted octanol–water partition coefficient (Wildman–Crippen LogP) is 3.79. The summed E-state index contributed by atoms with van der Waals surface area (Å²) in [6.07, 6.45) is 2.34. The van der Waals surface area contributed by atoms with Gasteiger partial charge in [-0.2, -0.15) is 0 Å². The van der Waals surface area contributed by atoms with Crippen LogP contribution in [0.5, 0.6) is 0 Å². The van der Waals surface area contributed by atoms with Gasteiger partial charge in [0.15, 0.2) is 0 Å². The number of hydrogen-bond donors (Lipinski definition) is 1. The number of hydrogen-bond acceptors (Lipinski definition) is 4. The Hall–Kier alpha value is -2.58. The average Bonchev–Trinajstić information content (AvgIpc) is 2.79. The summed E-state index contributed by atoms with van der Waals surface area (Å²) in [4.78, 5) is 27.8. The molecule has 2 unspecified atom stereocenters. The molecule has 1 N–H and O–H groups in total. The minimum Gasteiger partial charge on any atom is -0.352 e. The van der Waals surface area contributed by atoms with Crippen LogP contribution in [-0.4, -0.2) is 56.6 Å². The number of sulfonamides is 1. The van der Waals surface area contributed by atoms with Crippen molar-refractivity contribution in [2.24, 2.45) is 0 Å². The van der Waals surface area contributed by atoms with Crippen LogP contribution in [0, 0.1) is 6.92 Å². The van der Waals surface area contributed by atoms with Crippen molar-refractivity contribution >= 4 is 39.1 Å². The summed E-state index contributed by atoms with van der Waals surface area (Å²) in [5, 5.41) is 3.32. The van der Waals surface area contributed by atoms with Crippen molar-refractivity contribution in [3.8, 4) is 0 Å². The highest BCUT2D eigenvalue weighted by molar-refractivity contribution is 7.92. The van der Waals surface area contributed by atoms with Crippen LogP contribution >= 0.6 is 11.6 Å². The molecule has 0 aliphatic rings. The van der Waals surface area contributed by atoms with Gasteiger partial charge in [0.1, 0.15) is 12.6 Å². The van der Waals surface area contributed by atoms with Gasteiger partial charge in [0.25, 0.3) is 0 Å². The van der Waals surface area contributed by atoms with Crippen LogP contribution in [0.4, 0.5) is 5.69 Å². The second kappa shape index (κ2) is 12.2. The van der Waals surface area contributed by atoms with Crippen LogP contribution < -0.4 is 9.62 Å². The zero-order valence-corrected chi connectivity index (χ0v) is 22.0. The molecule has 0 aliphatic heterocycles. The lowest BCUT2D eigenvalue weighted by Crippen LogP contribution is -2.53. The molecule has 0 fully saturated rings. The number of rotatable bonds is 11. The molecule has 0 heterocycles. The summed E-state index contributed by atoms with van der Waals surface area (Å²) in [5.74, 6) is -0.742. The molecule has 0 aromatic heterocycles. The maximum Gasteiger partial charge on any atom is 0.244 e. The van der Waals surface area contributed by atoms with Gasteiger partial charge in [-0.3, -0.25) is 13.9 Å². The molecule has 0 aliphatic carbocycles. The molecule has 2 atom stereocenters. The zero-order chi connectivity index (χ0) is 25.5. The Balaban J connectivity index is 2.35. The molecular formula is C25H34ClN3O4S. The predicted molar refractivity (Wildman–Crippen MR) is 138 cm³/mol. The van der Waals surface area contributed by atoms with Crippen LogP contribution in [0.2, 0.25) is 5.02 Å². The second-order valence-electron chi connectivity index (χ2n) is 8.47. The van der Waals surface area contributed by atoms with Crippen molar-refractivity contribution in [3.05, 3.63) is 64.7 Å². The van der Waals surface area contributed by atoms with Gasteiger partial charge in [0.05, 0.1) is 11.9 Å². The van der Waals surface area contributed by atoms with Gasteiger partial charge in [-0.05, 0) is 56.9 Å². The number of carbonyl (C=O) groups is 2. The highest BCUT2D eigenvalue weighted by Gasteiger charge is 2.30. The summed E-state index contributed by atoms with van der Waals surface area (Å²) in [5.41, 5.74) is 1.91. The monoisotopic (exact) mass is 507 g/mol. The largest absolute Gasteiger partial charge is 0.352 e. The number of anilines is 1. The molecule has 0 radical (unpaired) electrons. The van der Waals surface area contributed by atoms with E-state index in [1.54, 1.807) is 32.0 Å². The Bertz CT molecular complexity index is 1090. The van der Waals surface area contributed by atoms with Gasteiger partial charge >= 0.3 is 0 Å². The number of nitrogens with one attached hydrogen (secondary N) is 1. The van der Waals surface area contributed by atoms with Crippen molar-refractivity contribution in [1.82, 2.24) is 10.2 Å². The minimum atomic E-state index is -3.80. The first kappa shape index (κ1) is 27.7. The molecule has 34 heavy (non-hydrogen) atoms. The van der Waals surface area contributed by atoms with E-state index in [0.29, 0.717) is 22.7 Å². The van der Waals surface area contributed by atoms with Crippen LogP contribution in [0.1, 0.15) is 38.3 Å². The van der Waals surface area contributed by atoms with E-state index in [1.165, 1.54) is 4.90 Å². The van der Waals surface area contributed by atoms with Gasteiger partial charge in [0.2, 0.25) is 21.8 Å². The molecule has 2 aromatic rings. The minimum absolute atomic E-state index is 0.0392. The van der Waals surface area contributed by atoms with Crippen molar-refractivity contribution in [1.29, 1.82) is 0 Å². The molecule has 7 nitrogen and oxygen atoms in total. The lowest BCUT2D eigenvalue weighted by atomic mass is 10.1. The summed E-state index contributed by atoms with van der Waals surface area (Å²) >= 11 is 6.21. The van der Waals surface area contributed by atoms with Gasteiger partial charge < -0.3 is 10.2 Å². The van der Waals surface area contributed by atoms with E-state index in [2.05, 4.69) is 5.32 Å². The Labute approximate surface area is 208 Å². The van der Waals surface area contributed by atoms with Gasteiger partial charge in [0, 0.05) is 17.6 Å². The number of benzene rings is 2. The maximum atomic E-state index is 13.5. The van der Waals surface area contributed by atoms with E-state index in [4.69, 9.17) is 11.6 Å². The lowest BCUT2D eigenvalue weighted by Gasteiger charge is -2.32. The van der Waals surface area contributed by atoms with Crippen LogP contribution in [0.3, 0.4) is 0 Å². The Morgan fingerprint density at radius 3 is 2.29 bits per heavy atom. The summed E-state index contributed by atoms with van der Waals surface area (Å²) < 4.78 is 26.4. The van der Waals surface area contributed by atoms with E-state index in [0.717, 1.165) is 22.5 Å². The van der Waals surface area contributed by atoms with Gasteiger partial charge in [-0.15, -0.1) is 0 Å².